The average Bonchev–Trinajstić information content (AvgIpc) is 3.24. The molecule has 0 aromatic rings. The Kier molecular flexibility index (Phi) is 47.0. The Morgan fingerprint density at radius 3 is 1.27 bits per heavy atom. The topological polar surface area (TPSA) is 95.9 Å². The third kappa shape index (κ3) is 43.0. The highest BCUT2D eigenvalue weighted by Crippen LogP contribution is 2.18. The number of aliphatic hydroxyl groups excluding tert-OH is 2. The van der Waals surface area contributed by atoms with Gasteiger partial charge in [-0.25, -0.2) is 0 Å². The molecule has 0 aromatic carbocycles. The standard InChI is InChI=1S/C54H103NO5/c1-4-7-10-13-16-19-22-24-26-27-29-32-34-37-40-43-46-52(57)51(49-56)55-53(58)48-50(45-42-39-36-33-31-28-25-23-20-17-14-11-8-5-2)60-54(59)47-44-41-38-35-30-21-18-15-12-9-6-3/h28,31,33,36,50-52,56-57H,4-27,29-30,32,34-35,37-49H2,1-3H3,(H,55,58)/b31-28+,36-33+. The van der Waals surface area contributed by atoms with E-state index in [4.69, 9.17) is 4.74 Å². The highest BCUT2D eigenvalue weighted by Gasteiger charge is 2.24. The molecule has 3 atom stereocenters. The molecule has 3 unspecified atom stereocenters. The van der Waals surface area contributed by atoms with Crippen molar-refractivity contribution in [1.82, 2.24) is 5.32 Å². The van der Waals surface area contributed by atoms with Crippen molar-refractivity contribution in [3.05, 3.63) is 24.3 Å². The van der Waals surface area contributed by atoms with Crippen LogP contribution < -0.4 is 5.32 Å². The summed E-state index contributed by atoms with van der Waals surface area (Å²) >= 11 is 0. The van der Waals surface area contributed by atoms with E-state index in [1.54, 1.807) is 0 Å². The maximum Gasteiger partial charge on any atom is 0.306 e. The lowest BCUT2D eigenvalue weighted by atomic mass is 10.0. The maximum atomic E-state index is 13.2. The maximum absolute atomic E-state index is 13.2. The number of esters is 1. The number of unbranched alkanes of at least 4 members (excludes halogenated alkanes) is 33. The van der Waals surface area contributed by atoms with Crippen molar-refractivity contribution < 1.29 is 24.5 Å². The lowest BCUT2D eigenvalue weighted by Gasteiger charge is -2.24. The molecule has 0 spiro atoms. The van der Waals surface area contributed by atoms with E-state index in [0.29, 0.717) is 19.3 Å². The van der Waals surface area contributed by atoms with E-state index in [2.05, 4.69) is 50.4 Å². The van der Waals surface area contributed by atoms with Gasteiger partial charge < -0.3 is 20.3 Å². The van der Waals surface area contributed by atoms with Crippen molar-refractivity contribution in [2.24, 2.45) is 0 Å². The molecule has 60 heavy (non-hydrogen) atoms. The van der Waals surface area contributed by atoms with Crippen molar-refractivity contribution in [3.8, 4) is 0 Å². The highest BCUT2D eigenvalue weighted by atomic mass is 16.5. The number of rotatable bonds is 48. The van der Waals surface area contributed by atoms with Crippen LogP contribution in [0.25, 0.3) is 0 Å². The van der Waals surface area contributed by atoms with Gasteiger partial charge >= 0.3 is 5.97 Å². The van der Waals surface area contributed by atoms with Crippen LogP contribution in [-0.2, 0) is 14.3 Å². The van der Waals surface area contributed by atoms with Gasteiger partial charge in [0.2, 0.25) is 5.91 Å². The second-order valence-electron chi connectivity index (χ2n) is 18.3. The van der Waals surface area contributed by atoms with Crippen LogP contribution in [-0.4, -0.2) is 46.9 Å². The summed E-state index contributed by atoms with van der Waals surface area (Å²) < 4.78 is 5.90. The number of hydrogen-bond donors (Lipinski definition) is 3. The predicted octanol–water partition coefficient (Wildman–Crippen LogP) is 15.9. The Hall–Kier alpha value is -1.66. The van der Waals surface area contributed by atoms with Gasteiger partial charge in [0, 0.05) is 6.42 Å². The van der Waals surface area contributed by atoms with E-state index in [1.165, 1.54) is 180 Å². The summed E-state index contributed by atoms with van der Waals surface area (Å²) in [7, 11) is 0. The molecule has 0 radical (unpaired) electrons. The molecule has 0 aliphatic carbocycles. The van der Waals surface area contributed by atoms with Crippen molar-refractivity contribution in [2.45, 2.75) is 302 Å². The zero-order chi connectivity index (χ0) is 43.8. The van der Waals surface area contributed by atoms with Crippen molar-refractivity contribution in [1.29, 1.82) is 0 Å². The smallest absolute Gasteiger partial charge is 0.306 e. The van der Waals surface area contributed by atoms with Crippen molar-refractivity contribution >= 4 is 11.9 Å². The minimum absolute atomic E-state index is 0.0499. The summed E-state index contributed by atoms with van der Waals surface area (Å²) in [6.07, 6.45) is 55.3. The lowest BCUT2D eigenvalue weighted by molar-refractivity contribution is -0.151. The first-order valence-electron chi connectivity index (χ1n) is 26.6. The molecule has 0 aliphatic rings. The van der Waals surface area contributed by atoms with Gasteiger partial charge in [0.25, 0.3) is 0 Å². The number of carbonyl (C=O) groups is 2. The second kappa shape index (κ2) is 48.4. The van der Waals surface area contributed by atoms with Crippen LogP contribution >= 0.6 is 0 Å². The van der Waals surface area contributed by atoms with Crippen molar-refractivity contribution in [2.75, 3.05) is 6.61 Å². The Bertz CT molecular complexity index is 950. The molecule has 0 heterocycles. The van der Waals surface area contributed by atoms with Gasteiger partial charge in [-0.15, -0.1) is 0 Å². The van der Waals surface area contributed by atoms with Crippen LogP contribution in [0.15, 0.2) is 24.3 Å². The quantitative estimate of drug-likeness (QED) is 0.0322. The molecular weight excluding hydrogens is 743 g/mol. The summed E-state index contributed by atoms with van der Waals surface area (Å²) in [6.45, 7) is 6.48. The lowest BCUT2D eigenvalue weighted by Crippen LogP contribution is -2.46. The van der Waals surface area contributed by atoms with E-state index in [-0.39, 0.29) is 24.9 Å². The fraction of sp³-hybridized carbons (Fsp3) is 0.889. The third-order valence-electron chi connectivity index (χ3n) is 12.3. The first-order valence-corrected chi connectivity index (χ1v) is 26.6. The minimum atomic E-state index is -0.795. The largest absolute Gasteiger partial charge is 0.462 e. The molecule has 0 saturated heterocycles. The summed E-state index contributed by atoms with van der Waals surface area (Å²) in [5.41, 5.74) is 0. The zero-order valence-electron chi connectivity index (χ0n) is 40.4. The molecule has 354 valence electrons. The van der Waals surface area contributed by atoms with Crippen LogP contribution in [0.4, 0.5) is 0 Å². The van der Waals surface area contributed by atoms with Gasteiger partial charge in [0.15, 0.2) is 0 Å². The minimum Gasteiger partial charge on any atom is -0.462 e. The average molecular weight is 846 g/mol. The molecule has 6 nitrogen and oxygen atoms in total. The molecule has 6 heteroatoms. The zero-order valence-corrected chi connectivity index (χ0v) is 40.4. The summed E-state index contributed by atoms with van der Waals surface area (Å²) in [5, 5.41) is 23.8. The normalized spacial score (nSPS) is 13.3. The fourth-order valence-corrected chi connectivity index (χ4v) is 8.25. The molecule has 0 bridgehead atoms. The number of amides is 1. The Morgan fingerprint density at radius 1 is 0.483 bits per heavy atom. The Morgan fingerprint density at radius 2 is 0.850 bits per heavy atom. The molecule has 1 amide bonds. The molecule has 0 aliphatic heterocycles. The first-order chi connectivity index (χ1) is 29.5. The molecular formula is C54H103NO5. The Balaban J connectivity index is 4.55. The highest BCUT2D eigenvalue weighted by molar-refractivity contribution is 5.77. The summed E-state index contributed by atoms with van der Waals surface area (Å²) in [4.78, 5) is 26.1. The van der Waals surface area contributed by atoms with Crippen LogP contribution in [0.1, 0.15) is 284 Å². The Labute approximate surface area is 373 Å². The van der Waals surface area contributed by atoms with Gasteiger partial charge in [-0.2, -0.15) is 0 Å². The summed E-state index contributed by atoms with van der Waals surface area (Å²) in [5.74, 6) is -0.508. The second-order valence-corrected chi connectivity index (χ2v) is 18.3. The molecule has 0 saturated carbocycles. The van der Waals surface area contributed by atoms with Crippen LogP contribution in [0.5, 0.6) is 0 Å². The first kappa shape index (κ1) is 58.3. The van der Waals surface area contributed by atoms with E-state index in [1.807, 2.05) is 0 Å². The monoisotopic (exact) mass is 846 g/mol. The van der Waals surface area contributed by atoms with E-state index in [0.717, 1.165) is 57.8 Å². The van der Waals surface area contributed by atoms with E-state index < -0.39 is 18.2 Å². The van der Waals surface area contributed by atoms with Gasteiger partial charge in [-0.1, -0.05) is 251 Å². The number of ether oxygens (including phenoxy) is 1. The van der Waals surface area contributed by atoms with Gasteiger partial charge in [-0.05, 0) is 44.9 Å². The molecule has 0 rings (SSSR count). The van der Waals surface area contributed by atoms with Gasteiger partial charge in [0.1, 0.15) is 6.10 Å². The SMILES string of the molecule is CCCCCCCCC/C=C/C=C/CCCC(CC(=O)NC(CO)C(O)CCCCCCCCCCCCCCCCCC)OC(=O)CCCCCCCCCCCCC. The third-order valence-corrected chi connectivity index (χ3v) is 12.3. The van der Waals surface area contributed by atoms with Gasteiger partial charge in [0.05, 0.1) is 25.2 Å². The predicted molar refractivity (Wildman–Crippen MR) is 260 cm³/mol. The van der Waals surface area contributed by atoms with Gasteiger partial charge in [-0.3, -0.25) is 9.59 Å². The van der Waals surface area contributed by atoms with Crippen LogP contribution in [0.2, 0.25) is 0 Å². The summed E-state index contributed by atoms with van der Waals surface area (Å²) in [6, 6.07) is -0.711. The number of hydrogen-bond acceptors (Lipinski definition) is 5. The molecule has 0 aromatic heterocycles. The van der Waals surface area contributed by atoms with Crippen molar-refractivity contribution in [3.63, 3.8) is 0 Å². The van der Waals surface area contributed by atoms with Crippen LogP contribution in [0.3, 0.4) is 0 Å². The fourth-order valence-electron chi connectivity index (χ4n) is 8.25. The number of carbonyl (C=O) groups excluding carboxylic acids is 2. The number of allylic oxidation sites excluding steroid dienone is 4. The molecule has 3 N–H and O–H groups in total. The van der Waals surface area contributed by atoms with Crippen LogP contribution in [0, 0.1) is 0 Å². The molecule has 0 fully saturated rings. The number of aliphatic hydroxyl groups is 2. The number of nitrogens with one attached hydrogen (secondary N) is 1. The van der Waals surface area contributed by atoms with E-state index >= 15 is 0 Å². The van der Waals surface area contributed by atoms with E-state index in [9.17, 15) is 19.8 Å².